The molecular formula is C21H19F6N3O4. The van der Waals surface area contributed by atoms with Gasteiger partial charge in [0.25, 0.3) is 11.6 Å². The summed E-state index contributed by atoms with van der Waals surface area (Å²) in [7, 11) is 0. The molecule has 0 unspecified atom stereocenters. The molecule has 0 bridgehead atoms. The molecule has 1 heterocycles. The summed E-state index contributed by atoms with van der Waals surface area (Å²) in [5.41, 5.74) is -1.05. The standard InChI is InChI=1S/C21H19F6N3O4/c22-20(23,24)13-34-16-5-6-18(30(32)33)17(11-16)19(31)29-9-7-28(8-10-29)12-14-1-3-15(4-2-14)21(25,26)27/h1-6,11H,7-10,12-13H2. The maximum absolute atomic E-state index is 12.9. The van der Waals surface area contributed by atoms with E-state index in [-0.39, 0.29) is 24.4 Å². The van der Waals surface area contributed by atoms with Crippen LogP contribution in [0, 0.1) is 10.1 Å². The molecule has 0 radical (unpaired) electrons. The van der Waals surface area contributed by atoms with Gasteiger partial charge in [0.05, 0.1) is 10.5 Å². The normalized spacial score (nSPS) is 15.3. The summed E-state index contributed by atoms with van der Waals surface area (Å²) in [6, 6.07) is 7.54. The van der Waals surface area contributed by atoms with Gasteiger partial charge in [0.2, 0.25) is 0 Å². The van der Waals surface area contributed by atoms with Crippen molar-refractivity contribution in [3.63, 3.8) is 0 Å². The predicted octanol–water partition coefficient (Wildman–Crippen LogP) is 4.51. The van der Waals surface area contributed by atoms with Crippen molar-refractivity contribution in [1.82, 2.24) is 9.80 Å². The number of nitro groups is 1. The van der Waals surface area contributed by atoms with Crippen LogP contribution < -0.4 is 4.74 Å². The third-order valence-corrected chi connectivity index (χ3v) is 5.14. The van der Waals surface area contributed by atoms with E-state index in [4.69, 9.17) is 0 Å². The Hall–Kier alpha value is -3.35. The molecule has 184 valence electrons. The van der Waals surface area contributed by atoms with Gasteiger partial charge < -0.3 is 9.64 Å². The van der Waals surface area contributed by atoms with Gasteiger partial charge in [-0.2, -0.15) is 26.3 Å². The molecule has 1 amide bonds. The molecule has 0 aliphatic carbocycles. The van der Waals surface area contributed by atoms with Gasteiger partial charge in [-0.05, 0) is 29.8 Å². The lowest BCUT2D eigenvalue weighted by atomic mass is 10.1. The van der Waals surface area contributed by atoms with E-state index in [0.717, 1.165) is 30.3 Å². The molecule has 3 rings (SSSR count). The van der Waals surface area contributed by atoms with E-state index in [9.17, 15) is 41.3 Å². The number of rotatable bonds is 6. The first-order valence-electron chi connectivity index (χ1n) is 9.99. The first kappa shape index (κ1) is 25.3. The van der Waals surface area contributed by atoms with Gasteiger partial charge in [-0.25, -0.2) is 0 Å². The molecule has 7 nitrogen and oxygen atoms in total. The third kappa shape index (κ3) is 6.59. The summed E-state index contributed by atoms with van der Waals surface area (Å²) in [4.78, 5) is 26.6. The molecule has 34 heavy (non-hydrogen) atoms. The minimum absolute atomic E-state index is 0.171. The third-order valence-electron chi connectivity index (χ3n) is 5.14. The highest BCUT2D eigenvalue weighted by Gasteiger charge is 2.32. The number of carbonyl (C=O) groups is 1. The van der Waals surface area contributed by atoms with E-state index < -0.39 is 41.0 Å². The van der Waals surface area contributed by atoms with Gasteiger partial charge in [-0.15, -0.1) is 0 Å². The van der Waals surface area contributed by atoms with Crippen LogP contribution in [0.4, 0.5) is 32.0 Å². The Morgan fingerprint density at radius 1 is 0.971 bits per heavy atom. The zero-order valence-electron chi connectivity index (χ0n) is 17.5. The highest BCUT2D eigenvalue weighted by Crippen LogP contribution is 2.30. The number of hydrogen-bond donors (Lipinski definition) is 0. The highest BCUT2D eigenvalue weighted by molar-refractivity contribution is 5.98. The van der Waals surface area contributed by atoms with Crippen LogP contribution in [0.3, 0.4) is 0 Å². The molecular weight excluding hydrogens is 472 g/mol. The number of benzene rings is 2. The predicted molar refractivity (Wildman–Crippen MR) is 107 cm³/mol. The Bertz CT molecular complexity index is 1030. The van der Waals surface area contributed by atoms with Crippen LogP contribution in [0.5, 0.6) is 5.75 Å². The Morgan fingerprint density at radius 3 is 2.12 bits per heavy atom. The number of hydrogen-bond acceptors (Lipinski definition) is 5. The fraction of sp³-hybridized carbons (Fsp3) is 0.381. The number of nitro benzene ring substituents is 1. The minimum Gasteiger partial charge on any atom is -0.484 e. The number of amides is 1. The second-order valence-electron chi connectivity index (χ2n) is 7.60. The molecule has 2 aromatic rings. The van der Waals surface area contributed by atoms with E-state index >= 15 is 0 Å². The monoisotopic (exact) mass is 491 g/mol. The maximum Gasteiger partial charge on any atom is 0.422 e. The van der Waals surface area contributed by atoms with Crippen molar-refractivity contribution < 1.29 is 40.8 Å². The number of alkyl halides is 6. The number of ether oxygens (including phenoxy) is 1. The molecule has 1 aliphatic rings. The van der Waals surface area contributed by atoms with Gasteiger partial charge in [-0.1, -0.05) is 12.1 Å². The molecule has 1 fully saturated rings. The zero-order chi connectivity index (χ0) is 25.1. The fourth-order valence-electron chi connectivity index (χ4n) is 3.44. The number of halogens is 6. The molecule has 2 aromatic carbocycles. The number of nitrogens with zero attached hydrogens (tertiary/aromatic N) is 3. The number of carbonyl (C=O) groups excluding carboxylic acids is 1. The SMILES string of the molecule is O=C(c1cc(OCC(F)(F)F)ccc1[N+](=O)[O-])N1CCN(Cc2ccc(C(F)(F)F)cc2)CC1. The van der Waals surface area contributed by atoms with Crippen LogP contribution in [-0.2, 0) is 12.7 Å². The van der Waals surface area contributed by atoms with Gasteiger partial charge in [-0.3, -0.25) is 19.8 Å². The average Bonchev–Trinajstić information content (AvgIpc) is 2.77. The Balaban J connectivity index is 1.64. The Labute approximate surface area is 189 Å². The molecule has 13 heteroatoms. The summed E-state index contributed by atoms with van der Waals surface area (Å²) >= 11 is 0. The van der Waals surface area contributed by atoms with Crippen LogP contribution in [0.15, 0.2) is 42.5 Å². The van der Waals surface area contributed by atoms with Crippen molar-refractivity contribution in [2.24, 2.45) is 0 Å². The van der Waals surface area contributed by atoms with Crippen LogP contribution >= 0.6 is 0 Å². The van der Waals surface area contributed by atoms with Gasteiger partial charge in [0.1, 0.15) is 11.3 Å². The molecule has 1 aliphatic heterocycles. The van der Waals surface area contributed by atoms with Gasteiger partial charge >= 0.3 is 12.4 Å². The molecule has 0 spiro atoms. The Morgan fingerprint density at radius 2 is 1.59 bits per heavy atom. The van der Waals surface area contributed by atoms with Gasteiger partial charge in [0.15, 0.2) is 6.61 Å². The first-order chi connectivity index (χ1) is 15.8. The van der Waals surface area contributed by atoms with Crippen molar-refractivity contribution in [3.05, 3.63) is 69.3 Å². The molecule has 1 saturated heterocycles. The quantitative estimate of drug-likeness (QED) is 0.338. The Kier molecular flexibility index (Phi) is 7.34. The van der Waals surface area contributed by atoms with E-state index in [0.29, 0.717) is 25.2 Å². The zero-order valence-corrected chi connectivity index (χ0v) is 17.5. The molecule has 0 saturated carbocycles. The topological polar surface area (TPSA) is 75.9 Å². The lowest BCUT2D eigenvalue weighted by Gasteiger charge is -2.34. The van der Waals surface area contributed by atoms with E-state index in [2.05, 4.69) is 4.74 Å². The number of piperazine rings is 1. The second kappa shape index (κ2) is 9.87. The maximum atomic E-state index is 12.9. The lowest BCUT2D eigenvalue weighted by molar-refractivity contribution is -0.385. The smallest absolute Gasteiger partial charge is 0.422 e. The minimum atomic E-state index is -4.62. The summed E-state index contributed by atoms with van der Waals surface area (Å²) < 4.78 is 79.9. The summed E-state index contributed by atoms with van der Waals surface area (Å²) in [6.07, 6.45) is -9.04. The fourth-order valence-corrected chi connectivity index (χ4v) is 3.44. The summed E-state index contributed by atoms with van der Waals surface area (Å²) in [5.74, 6) is -1.05. The molecule has 0 aromatic heterocycles. The highest BCUT2D eigenvalue weighted by atomic mass is 19.4. The molecule has 0 atom stereocenters. The van der Waals surface area contributed by atoms with E-state index in [1.165, 1.54) is 17.0 Å². The summed E-state index contributed by atoms with van der Waals surface area (Å²) in [6.45, 7) is -0.216. The van der Waals surface area contributed by atoms with Crippen LogP contribution in [0.1, 0.15) is 21.5 Å². The van der Waals surface area contributed by atoms with Crippen LogP contribution in [0.25, 0.3) is 0 Å². The molecule has 0 N–H and O–H groups in total. The second-order valence-corrected chi connectivity index (χ2v) is 7.60. The van der Waals surface area contributed by atoms with E-state index in [1.807, 2.05) is 4.90 Å². The summed E-state index contributed by atoms with van der Waals surface area (Å²) in [5, 5.41) is 11.3. The van der Waals surface area contributed by atoms with Crippen molar-refractivity contribution in [1.29, 1.82) is 0 Å². The largest absolute Gasteiger partial charge is 0.484 e. The van der Waals surface area contributed by atoms with Crippen molar-refractivity contribution in [2.75, 3.05) is 32.8 Å². The van der Waals surface area contributed by atoms with Gasteiger partial charge in [0, 0.05) is 38.8 Å². The van der Waals surface area contributed by atoms with E-state index in [1.54, 1.807) is 0 Å². The average molecular weight is 491 g/mol. The van der Waals surface area contributed by atoms with Crippen molar-refractivity contribution in [3.8, 4) is 5.75 Å². The van der Waals surface area contributed by atoms with Crippen LogP contribution in [-0.4, -0.2) is 59.6 Å². The lowest BCUT2D eigenvalue weighted by Crippen LogP contribution is -2.48. The van der Waals surface area contributed by atoms with Crippen molar-refractivity contribution in [2.45, 2.75) is 18.9 Å². The first-order valence-corrected chi connectivity index (χ1v) is 9.99. The van der Waals surface area contributed by atoms with Crippen LogP contribution in [0.2, 0.25) is 0 Å². The van der Waals surface area contributed by atoms with Crippen molar-refractivity contribution >= 4 is 11.6 Å².